The summed E-state index contributed by atoms with van der Waals surface area (Å²) >= 11 is 0. The molecule has 1 saturated heterocycles. The first-order valence-electron chi connectivity index (χ1n) is 10.1. The van der Waals surface area contributed by atoms with Crippen LogP contribution >= 0.6 is 0 Å². The number of hydrogen-bond acceptors (Lipinski definition) is 4. The van der Waals surface area contributed by atoms with Crippen LogP contribution in [0.4, 0.5) is 0 Å². The fraction of sp³-hybridized carbons (Fsp3) is 0.556. The van der Waals surface area contributed by atoms with E-state index in [2.05, 4.69) is 0 Å². The molecule has 5 atom stereocenters. The van der Waals surface area contributed by atoms with Gasteiger partial charge in [-0.25, -0.2) is 0 Å². The fourth-order valence-corrected chi connectivity index (χ4v) is 4.88. The Morgan fingerprint density at radius 1 is 1.55 bits per heavy atom. The summed E-state index contributed by atoms with van der Waals surface area (Å²) in [6, 6.07) is 3.29. The zero-order chi connectivity index (χ0) is 19.2. The maximum Gasteiger partial charge on any atom is 0.211 e. The zero-order valence-corrected chi connectivity index (χ0v) is 12.3. The molecular weight excluding hydrogens is 278 g/mol. The molecule has 1 aromatic rings. The highest BCUT2D eigenvalue weighted by Gasteiger charge is 2.64. The van der Waals surface area contributed by atoms with Crippen LogP contribution < -0.4 is 9.47 Å². The quantitative estimate of drug-likeness (QED) is 0.841. The number of methoxy groups -OCH3 is 1. The molecule has 116 valence electrons. The molecular formula is C18H21NO3. The largest absolute Gasteiger partial charge is 0.493 e. The van der Waals surface area contributed by atoms with E-state index in [-0.39, 0.29) is 0 Å². The van der Waals surface area contributed by atoms with Gasteiger partial charge in [0.25, 0.3) is 0 Å². The standard InChI is InChI=1S/C18H21NO3/c1-19-8-7-18-11-4-5-13(20)17(18)22-16-14(21-2)6-3-10(15(16)18)9-12(11)19/h3-6,11-13,17,20H,7-9H2,1-2H3/t11-,12+,13?,17?,18-/m0/s1/i1D3,11D,20D. The van der Waals surface area contributed by atoms with Crippen molar-refractivity contribution in [3.8, 4) is 11.5 Å². The van der Waals surface area contributed by atoms with E-state index in [0.29, 0.717) is 30.9 Å². The molecule has 0 aromatic heterocycles. The molecule has 0 amide bonds. The van der Waals surface area contributed by atoms with E-state index in [1.807, 2.05) is 12.1 Å². The van der Waals surface area contributed by atoms with Crippen LogP contribution in [0.3, 0.4) is 0 Å². The van der Waals surface area contributed by atoms with Crippen molar-refractivity contribution in [3.05, 3.63) is 35.4 Å². The number of ether oxygens (including phenoxy) is 2. The molecule has 1 N–H and O–H groups in total. The SMILES string of the molecule is [2H]OC1C=C[C@@]2([2H])[C@H]3Cc4ccc(OC)c5c4[C@@]2(CCN3C([2H])([2H])[2H])C1O5. The Hall–Kier alpha value is -1.52. The van der Waals surface area contributed by atoms with E-state index in [4.69, 9.17) is 20.1 Å². The van der Waals surface area contributed by atoms with Gasteiger partial charge in [-0.2, -0.15) is 0 Å². The van der Waals surface area contributed by atoms with Gasteiger partial charge in [0.05, 0.1) is 7.11 Å². The first kappa shape index (κ1) is 8.94. The van der Waals surface area contributed by atoms with E-state index in [1.54, 1.807) is 19.3 Å². The van der Waals surface area contributed by atoms with Gasteiger partial charge >= 0.3 is 0 Å². The summed E-state index contributed by atoms with van der Waals surface area (Å²) in [5.41, 5.74) is 1.18. The molecule has 1 aromatic carbocycles. The predicted octanol–water partition coefficient (Wildman–Crippen LogP) is 1.50. The maximum atomic E-state index is 9.46. The first-order chi connectivity index (χ1) is 12.8. The summed E-state index contributed by atoms with van der Waals surface area (Å²) in [6.45, 7) is -1.92. The topological polar surface area (TPSA) is 41.9 Å². The molecule has 2 aliphatic carbocycles. The molecule has 4 aliphatic rings. The Bertz CT molecular complexity index is 843. The number of aliphatic hydroxyl groups is 1. The number of nitrogens with zero attached hydrogens (tertiary/aromatic N) is 1. The van der Waals surface area contributed by atoms with Gasteiger partial charge < -0.3 is 19.5 Å². The molecule has 2 bridgehead atoms. The van der Waals surface area contributed by atoms with Crippen LogP contribution in [0, 0.1) is 5.89 Å². The zero-order valence-electron chi connectivity index (χ0n) is 17.3. The second kappa shape index (κ2) is 4.06. The summed E-state index contributed by atoms with van der Waals surface area (Å²) in [6.07, 6.45) is 3.17. The third kappa shape index (κ3) is 1.28. The molecule has 2 heterocycles. The summed E-state index contributed by atoms with van der Waals surface area (Å²) in [5, 5.41) is 4.94. The van der Waals surface area contributed by atoms with Gasteiger partial charge in [-0.1, -0.05) is 18.2 Å². The third-order valence-electron chi connectivity index (χ3n) is 5.78. The van der Waals surface area contributed by atoms with Gasteiger partial charge in [0, 0.05) is 28.4 Å². The van der Waals surface area contributed by atoms with Gasteiger partial charge in [-0.3, -0.25) is 0 Å². The lowest BCUT2D eigenvalue weighted by Gasteiger charge is -2.56. The van der Waals surface area contributed by atoms with Gasteiger partial charge in [0.2, 0.25) is 1.43 Å². The van der Waals surface area contributed by atoms with E-state index >= 15 is 0 Å². The number of aliphatic hydroxyl groups excluding tert-OH is 1. The monoisotopic (exact) mass is 304 g/mol. The van der Waals surface area contributed by atoms with Crippen LogP contribution in [-0.4, -0.2) is 50.3 Å². The van der Waals surface area contributed by atoms with E-state index < -0.39 is 36.5 Å². The van der Waals surface area contributed by atoms with Crippen molar-refractivity contribution in [2.75, 3.05) is 20.6 Å². The number of piperidine rings is 1. The van der Waals surface area contributed by atoms with Crippen LogP contribution in [0.2, 0.25) is 0 Å². The Labute approximate surface area is 137 Å². The number of benzene rings is 1. The summed E-state index contributed by atoms with van der Waals surface area (Å²) in [4.78, 5) is 1.49. The van der Waals surface area contributed by atoms with Crippen LogP contribution in [-0.2, 0) is 11.8 Å². The first-order valence-corrected chi connectivity index (χ1v) is 7.73. The molecule has 5 rings (SSSR count). The summed E-state index contributed by atoms with van der Waals surface area (Å²) in [5.74, 6) is 0.0349. The van der Waals surface area contributed by atoms with E-state index in [9.17, 15) is 1.37 Å². The smallest absolute Gasteiger partial charge is 0.211 e. The van der Waals surface area contributed by atoms with Gasteiger partial charge in [-0.05, 0) is 38.0 Å². The normalized spacial score (nSPS) is 48.2. The van der Waals surface area contributed by atoms with Crippen molar-refractivity contribution < 1.29 is 20.1 Å². The second-order valence-electron chi connectivity index (χ2n) is 6.58. The Morgan fingerprint density at radius 3 is 3.32 bits per heavy atom. The molecule has 4 heteroatoms. The molecule has 2 aliphatic heterocycles. The number of likely N-dealkylation sites (N-methyl/N-ethyl adjacent to an activating group) is 1. The van der Waals surface area contributed by atoms with E-state index in [0.717, 1.165) is 11.1 Å². The molecule has 4 nitrogen and oxygen atoms in total. The highest BCUT2D eigenvalue weighted by molar-refractivity contribution is 5.62. The molecule has 0 saturated carbocycles. The molecule has 1 fully saturated rings. The van der Waals surface area contributed by atoms with Crippen molar-refractivity contribution in [2.24, 2.45) is 5.89 Å². The van der Waals surface area contributed by atoms with Crippen LogP contribution in [0.25, 0.3) is 0 Å². The Kier molecular flexibility index (Phi) is 1.65. The van der Waals surface area contributed by atoms with Crippen molar-refractivity contribution in [3.63, 3.8) is 0 Å². The number of likely N-dealkylation sites (tertiary alicyclic amines) is 1. The molecule has 1 spiro atoms. The van der Waals surface area contributed by atoms with Gasteiger partial charge in [0.15, 0.2) is 11.5 Å². The minimum absolute atomic E-state index is 0.344. The van der Waals surface area contributed by atoms with Gasteiger partial charge in [-0.15, -0.1) is 0 Å². The predicted molar refractivity (Wildman–Crippen MR) is 82.5 cm³/mol. The lowest BCUT2D eigenvalue weighted by Crippen LogP contribution is -2.64. The molecule has 2 unspecified atom stereocenters. The minimum atomic E-state index is -2.27. The van der Waals surface area contributed by atoms with Crippen molar-refractivity contribution in [1.82, 2.24) is 4.90 Å². The highest BCUT2D eigenvalue weighted by atomic mass is 16.5. The Balaban J connectivity index is 1.80. The fourth-order valence-electron chi connectivity index (χ4n) is 4.88. The molecule has 22 heavy (non-hydrogen) atoms. The average Bonchev–Trinajstić information content (AvgIpc) is 2.95. The molecule has 0 radical (unpaired) electrons. The van der Waals surface area contributed by atoms with Crippen molar-refractivity contribution in [2.45, 2.75) is 36.5 Å². The van der Waals surface area contributed by atoms with Crippen molar-refractivity contribution >= 4 is 0 Å². The van der Waals surface area contributed by atoms with Gasteiger partial charge in [0.1, 0.15) is 12.2 Å². The van der Waals surface area contributed by atoms with Crippen LogP contribution in [0.15, 0.2) is 24.3 Å². The maximum absolute atomic E-state index is 9.46. The van der Waals surface area contributed by atoms with E-state index in [1.165, 1.54) is 4.90 Å². The van der Waals surface area contributed by atoms with Crippen LogP contribution in [0.5, 0.6) is 11.5 Å². The Morgan fingerprint density at radius 2 is 2.50 bits per heavy atom. The van der Waals surface area contributed by atoms with Crippen molar-refractivity contribution in [1.29, 1.82) is 1.43 Å². The number of hydrogen-bond donors (Lipinski definition) is 1. The summed E-state index contributed by atoms with van der Waals surface area (Å²) in [7, 11) is 1.58. The number of rotatable bonds is 2. The second-order valence-corrected chi connectivity index (χ2v) is 6.58. The lowest BCUT2D eigenvalue weighted by atomic mass is 9.53. The highest BCUT2D eigenvalue weighted by Crippen LogP contribution is 2.62. The average molecular weight is 304 g/mol. The minimum Gasteiger partial charge on any atom is -0.493 e. The lowest BCUT2D eigenvalue weighted by molar-refractivity contribution is -0.0453. The van der Waals surface area contributed by atoms with Crippen LogP contribution in [0.1, 0.15) is 23.0 Å². The third-order valence-corrected chi connectivity index (χ3v) is 5.78. The summed E-state index contributed by atoms with van der Waals surface area (Å²) < 4.78 is 52.7.